The first kappa shape index (κ1) is 14.7. The molecule has 2 rings (SSSR count). The Balaban J connectivity index is 2.23. The average Bonchev–Trinajstić information content (AvgIpc) is 2.74. The van der Waals surface area contributed by atoms with Gasteiger partial charge in [0.05, 0.1) is 0 Å². The number of rotatable bonds is 4. The van der Waals surface area contributed by atoms with Gasteiger partial charge in [0.2, 0.25) is 10.0 Å². The van der Waals surface area contributed by atoms with Gasteiger partial charge in [-0.15, -0.1) is 0 Å². The Hall–Kier alpha value is -0.690. The lowest BCUT2D eigenvalue weighted by Crippen LogP contribution is -2.40. The number of nitrogens with one attached hydrogen (secondary N) is 1. The van der Waals surface area contributed by atoms with Crippen LogP contribution >= 0.6 is 11.6 Å². The summed E-state index contributed by atoms with van der Waals surface area (Å²) in [5.74, 6) is -0.729. The second-order valence-electron chi connectivity index (χ2n) is 4.73. The highest BCUT2D eigenvalue weighted by molar-refractivity contribution is 7.89. The van der Waals surface area contributed by atoms with Gasteiger partial charge in [-0.3, -0.25) is 0 Å². The van der Waals surface area contributed by atoms with Gasteiger partial charge in [0.1, 0.15) is 10.7 Å². The molecule has 0 heterocycles. The summed E-state index contributed by atoms with van der Waals surface area (Å²) in [6.45, 7) is 0.427. The Kier molecular flexibility index (Phi) is 4.45. The van der Waals surface area contributed by atoms with Gasteiger partial charge in [0, 0.05) is 11.1 Å². The van der Waals surface area contributed by atoms with E-state index in [-0.39, 0.29) is 21.9 Å². The molecule has 1 aliphatic rings. The zero-order chi connectivity index (χ0) is 14.0. The summed E-state index contributed by atoms with van der Waals surface area (Å²) in [6, 6.07) is 3.30. The molecule has 0 saturated heterocycles. The summed E-state index contributed by atoms with van der Waals surface area (Å²) in [5, 5.41) is 0.164. The third kappa shape index (κ3) is 3.25. The van der Waals surface area contributed by atoms with Crippen molar-refractivity contribution >= 4 is 21.6 Å². The summed E-state index contributed by atoms with van der Waals surface area (Å²) >= 11 is 5.61. The lowest BCUT2D eigenvalue weighted by atomic mass is 10.1. The summed E-state index contributed by atoms with van der Waals surface area (Å²) < 4.78 is 40.5. The zero-order valence-electron chi connectivity index (χ0n) is 10.3. The highest BCUT2D eigenvalue weighted by Gasteiger charge is 2.31. The minimum atomic E-state index is -3.87. The van der Waals surface area contributed by atoms with Crippen LogP contribution in [-0.4, -0.2) is 21.0 Å². The predicted octanol–water partition coefficient (Wildman–Crippen LogP) is 1.88. The number of sulfonamides is 1. The van der Waals surface area contributed by atoms with Crippen LogP contribution in [0.3, 0.4) is 0 Å². The number of halogens is 2. The van der Waals surface area contributed by atoms with Gasteiger partial charge in [0.15, 0.2) is 0 Å². The zero-order valence-corrected chi connectivity index (χ0v) is 11.8. The molecule has 0 aliphatic heterocycles. The summed E-state index contributed by atoms with van der Waals surface area (Å²) in [4.78, 5) is -0.375. The molecule has 3 N–H and O–H groups in total. The van der Waals surface area contributed by atoms with Crippen LogP contribution in [0.4, 0.5) is 4.39 Å². The van der Waals surface area contributed by atoms with E-state index in [1.54, 1.807) is 0 Å². The van der Waals surface area contributed by atoms with Crippen LogP contribution in [-0.2, 0) is 10.0 Å². The second kappa shape index (κ2) is 5.75. The molecule has 106 valence electrons. The van der Waals surface area contributed by atoms with Crippen molar-refractivity contribution in [1.82, 2.24) is 4.72 Å². The molecular weight excluding hydrogens is 291 g/mol. The third-order valence-electron chi connectivity index (χ3n) is 3.45. The van der Waals surface area contributed by atoms with Crippen molar-refractivity contribution in [2.45, 2.75) is 30.2 Å². The van der Waals surface area contributed by atoms with Gasteiger partial charge in [-0.05, 0) is 43.5 Å². The largest absolute Gasteiger partial charge is 0.330 e. The van der Waals surface area contributed by atoms with Gasteiger partial charge in [-0.1, -0.05) is 18.0 Å². The summed E-state index contributed by atoms with van der Waals surface area (Å²) in [7, 11) is -3.87. The van der Waals surface area contributed by atoms with E-state index in [0.717, 1.165) is 25.3 Å². The standard InChI is InChI=1S/C12H16ClFN2O2S/c13-9-4-5-12(10(14)6-9)19(17,18)16-11-3-1-2-8(11)7-15/h4-6,8,11,16H,1-3,7,15H2/t8-,11-/m1/s1. The fraction of sp³-hybridized carbons (Fsp3) is 0.500. The third-order valence-corrected chi connectivity index (χ3v) is 5.21. The Morgan fingerprint density at radius 1 is 1.42 bits per heavy atom. The quantitative estimate of drug-likeness (QED) is 0.892. The van der Waals surface area contributed by atoms with E-state index < -0.39 is 15.8 Å². The van der Waals surface area contributed by atoms with Crippen LogP contribution in [0.5, 0.6) is 0 Å². The molecule has 0 bridgehead atoms. The molecule has 2 atom stereocenters. The molecule has 7 heteroatoms. The van der Waals surface area contributed by atoms with E-state index in [0.29, 0.717) is 6.54 Å². The molecule has 1 aromatic rings. The fourth-order valence-electron chi connectivity index (χ4n) is 2.43. The Morgan fingerprint density at radius 3 is 2.79 bits per heavy atom. The van der Waals surface area contributed by atoms with Crippen LogP contribution in [0.1, 0.15) is 19.3 Å². The molecule has 1 aromatic carbocycles. The van der Waals surface area contributed by atoms with E-state index in [4.69, 9.17) is 17.3 Å². The topological polar surface area (TPSA) is 72.2 Å². The van der Waals surface area contributed by atoms with E-state index in [1.807, 2.05) is 0 Å². The van der Waals surface area contributed by atoms with Crippen molar-refractivity contribution in [3.05, 3.63) is 29.0 Å². The first-order valence-electron chi connectivity index (χ1n) is 6.11. The summed E-state index contributed by atoms with van der Waals surface area (Å²) in [5.41, 5.74) is 5.61. The predicted molar refractivity (Wildman–Crippen MR) is 71.9 cm³/mol. The molecule has 1 aliphatic carbocycles. The Morgan fingerprint density at radius 2 is 2.16 bits per heavy atom. The first-order chi connectivity index (χ1) is 8.94. The molecule has 1 saturated carbocycles. The summed E-state index contributed by atoms with van der Waals surface area (Å²) in [6.07, 6.45) is 2.56. The van der Waals surface area contributed by atoms with Crippen molar-refractivity contribution in [3.8, 4) is 0 Å². The molecule has 19 heavy (non-hydrogen) atoms. The van der Waals surface area contributed by atoms with Gasteiger partial charge >= 0.3 is 0 Å². The van der Waals surface area contributed by atoms with Crippen molar-refractivity contribution in [3.63, 3.8) is 0 Å². The number of hydrogen-bond donors (Lipinski definition) is 2. The van der Waals surface area contributed by atoms with Crippen molar-refractivity contribution < 1.29 is 12.8 Å². The number of hydrogen-bond acceptors (Lipinski definition) is 3. The maximum Gasteiger partial charge on any atom is 0.243 e. The van der Waals surface area contributed by atoms with Crippen LogP contribution in [0.2, 0.25) is 5.02 Å². The highest BCUT2D eigenvalue weighted by Crippen LogP contribution is 2.27. The van der Waals surface area contributed by atoms with Crippen LogP contribution in [0.15, 0.2) is 23.1 Å². The molecule has 0 aromatic heterocycles. The van der Waals surface area contributed by atoms with Crippen molar-refractivity contribution in [1.29, 1.82) is 0 Å². The second-order valence-corrected chi connectivity index (χ2v) is 6.85. The monoisotopic (exact) mass is 306 g/mol. The van der Waals surface area contributed by atoms with Crippen molar-refractivity contribution in [2.75, 3.05) is 6.54 Å². The van der Waals surface area contributed by atoms with Gasteiger partial charge in [0.25, 0.3) is 0 Å². The lowest BCUT2D eigenvalue weighted by Gasteiger charge is -2.19. The number of nitrogens with two attached hydrogens (primary N) is 1. The molecule has 1 fully saturated rings. The molecule has 0 spiro atoms. The lowest BCUT2D eigenvalue weighted by molar-refractivity contribution is 0.451. The van der Waals surface area contributed by atoms with E-state index in [2.05, 4.69) is 4.72 Å². The normalized spacial score (nSPS) is 23.7. The molecule has 4 nitrogen and oxygen atoms in total. The maximum absolute atomic E-state index is 13.7. The fourth-order valence-corrected chi connectivity index (χ4v) is 3.99. The smallest absolute Gasteiger partial charge is 0.243 e. The van der Waals surface area contributed by atoms with Crippen LogP contribution in [0, 0.1) is 11.7 Å². The van der Waals surface area contributed by atoms with Gasteiger partial charge < -0.3 is 5.73 Å². The Bertz CT molecular complexity index is 565. The number of benzene rings is 1. The first-order valence-corrected chi connectivity index (χ1v) is 7.97. The van der Waals surface area contributed by atoms with Gasteiger partial charge in [-0.2, -0.15) is 0 Å². The molecule has 0 amide bonds. The van der Waals surface area contributed by atoms with E-state index >= 15 is 0 Å². The van der Waals surface area contributed by atoms with E-state index in [1.165, 1.54) is 12.1 Å². The van der Waals surface area contributed by atoms with E-state index in [9.17, 15) is 12.8 Å². The van der Waals surface area contributed by atoms with Gasteiger partial charge in [-0.25, -0.2) is 17.5 Å². The average molecular weight is 307 g/mol. The van der Waals surface area contributed by atoms with Crippen molar-refractivity contribution in [2.24, 2.45) is 11.7 Å². The maximum atomic E-state index is 13.7. The minimum Gasteiger partial charge on any atom is -0.330 e. The highest BCUT2D eigenvalue weighted by atomic mass is 35.5. The van der Waals surface area contributed by atoms with Crippen LogP contribution < -0.4 is 10.5 Å². The minimum absolute atomic E-state index is 0.116. The molecular formula is C12H16ClFN2O2S. The Labute approximate surface area is 117 Å². The molecule has 0 radical (unpaired) electrons. The SMILES string of the molecule is NC[C@H]1CCC[C@H]1NS(=O)(=O)c1ccc(Cl)cc1F. The molecule has 0 unspecified atom stereocenters. The van der Waals surface area contributed by atoms with Crippen LogP contribution in [0.25, 0.3) is 0 Å².